The number of hydrogen-bond donors (Lipinski definition) is 2. The van der Waals surface area contributed by atoms with Crippen LogP contribution in [0.4, 0.5) is 0 Å². The zero-order valence-corrected chi connectivity index (χ0v) is 11.9. The highest BCUT2D eigenvalue weighted by molar-refractivity contribution is 7.85. The van der Waals surface area contributed by atoms with Crippen molar-refractivity contribution in [1.82, 2.24) is 15.3 Å². The van der Waals surface area contributed by atoms with E-state index in [0.29, 0.717) is 6.04 Å². The molecule has 0 bridgehead atoms. The molecule has 1 unspecified atom stereocenters. The number of hydrogen-bond acceptors (Lipinski definition) is 3. The summed E-state index contributed by atoms with van der Waals surface area (Å²) in [4.78, 5) is 7.98. The molecule has 1 atom stereocenters. The molecule has 1 aliphatic heterocycles. The number of fused-ring (bicyclic) bond motifs is 1. The van der Waals surface area contributed by atoms with Gasteiger partial charge in [-0.15, -0.1) is 0 Å². The summed E-state index contributed by atoms with van der Waals surface area (Å²) in [5, 5.41) is 3.59. The molecule has 1 fully saturated rings. The van der Waals surface area contributed by atoms with Crippen LogP contribution in [0, 0.1) is 0 Å². The first-order chi connectivity index (χ1) is 9.22. The second-order valence-electron chi connectivity index (χ2n) is 5.15. The number of para-hydroxylation sites is 2. The number of nitrogens with one attached hydrogen (secondary N) is 2. The van der Waals surface area contributed by atoms with Crippen LogP contribution in [-0.2, 0) is 10.8 Å². The molecule has 2 N–H and O–H groups in total. The Balaban J connectivity index is 1.69. The van der Waals surface area contributed by atoms with Crippen LogP contribution in [0.5, 0.6) is 0 Å². The minimum absolute atomic E-state index is 0.198. The van der Waals surface area contributed by atoms with E-state index in [0.717, 1.165) is 41.2 Å². The van der Waals surface area contributed by atoms with Crippen molar-refractivity contribution in [1.29, 1.82) is 0 Å². The summed E-state index contributed by atoms with van der Waals surface area (Å²) >= 11 is 0. The predicted molar refractivity (Wildman–Crippen MR) is 78.5 cm³/mol. The van der Waals surface area contributed by atoms with Gasteiger partial charge in [0.05, 0.1) is 17.1 Å². The molecule has 0 radical (unpaired) electrons. The van der Waals surface area contributed by atoms with E-state index >= 15 is 0 Å². The topological polar surface area (TPSA) is 57.8 Å². The molecule has 1 aromatic heterocycles. The normalized spacial score (nSPS) is 25.5. The fourth-order valence-corrected chi connectivity index (χ4v) is 3.87. The monoisotopic (exact) mass is 277 g/mol. The first-order valence-electron chi connectivity index (χ1n) is 6.78. The van der Waals surface area contributed by atoms with E-state index in [1.54, 1.807) is 0 Å². The molecule has 1 aromatic carbocycles. The highest BCUT2D eigenvalue weighted by Crippen LogP contribution is 2.18. The molecule has 1 saturated heterocycles. The molecule has 102 valence electrons. The van der Waals surface area contributed by atoms with Gasteiger partial charge in [0.1, 0.15) is 5.82 Å². The summed E-state index contributed by atoms with van der Waals surface area (Å²) in [5.41, 5.74) is 2.09. The lowest BCUT2D eigenvalue weighted by Gasteiger charge is -2.25. The van der Waals surface area contributed by atoms with Crippen molar-refractivity contribution in [2.45, 2.75) is 31.8 Å². The van der Waals surface area contributed by atoms with Gasteiger partial charge in [0.2, 0.25) is 0 Å². The Morgan fingerprint density at radius 2 is 2.11 bits per heavy atom. The maximum absolute atomic E-state index is 11.3. The van der Waals surface area contributed by atoms with Crippen molar-refractivity contribution < 1.29 is 4.21 Å². The SMILES string of the molecule is CC(NC1CCS(=O)CC1)c1nc2ccccc2[nH]1. The molecule has 0 spiro atoms. The van der Waals surface area contributed by atoms with Gasteiger partial charge in [-0.3, -0.25) is 4.21 Å². The van der Waals surface area contributed by atoms with E-state index in [-0.39, 0.29) is 6.04 Å². The summed E-state index contributed by atoms with van der Waals surface area (Å²) in [6, 6.07) is 8.74. The van der Waals surface area contributed by atoms with E-state index < -0.39 is 10.8 Å². The number of imidazole rings is 1. The van der Waals surface area contributed by atoms with E-state index in [2.05, 4.69) is 22.2 Å². The molecule has 2 heterocycles. The predicted octanol–water partition coefficient (Wildman–Crippen LogP) is 2.12. The van der Waals surface area contributed by atoms with Crippen molar-refractivity contribution in [2.24, 2.45) is 0 Å². The van der Waals surface area contributed by atoms with E-state index in [1.165, 1.54) is 0 Å². The average molecular weight is 277 g/mol. The number of rotatable bonds is 3. The zero-order valence-electron chi connectivity index (χ0n) is 11.1. The van der Waals surface area contributed by atoms with Crippen molar-refractivity contribution in [3.8, 4) is 0 Å². The second-order valence-corrected chi connectivity index (χ2v) is 6.85. The summed E-state index contributed by atoms with van der Waals surface area (Å²) < 4.78 is 11.3. The van der Waals surface area contributed by atoms with E-state index in [4.69, 9.17) is 0 Å². The lowest BCUT2D eigenvalue weighted by Crippen LogP contribution is -2.37. The molecule has 0 saturated carbocycles. The third kappa shape index (κ3) is 2.87. The van der Waals surface area contributed by atoms with Crippen LogP contribution >= 0.6 is 0 Å². The van der Waals surface area contributed by atoms with Crippen LogP contribution in [0.3, 0.4) is 0 Å². The summed E-state index contributed by atoms with van der Waals surface area (Å²) in [7, 11) is -0.596. The van der Waals surface area contributed by atoms with E-state index in [1.807, 2.05) is 24.3 Å². The standard InChI is InChI=1S/C14H19N3OS/c1-10(15-11-6-8-19(18)9-7-11)14-16-12-4-2-3-5-13(12)17-14/h2-5,10-11,15H,6-9H2,1H3,(H,16,17). The van der Waals surface area contributed by atoms with Gasteiger partial charge in [0, 0.05) is 28.3 Å². The van der Waals surface area contributed by atoms with Gasteiger partial charge in [-0.25, -0.2) is 4.98 Å². The Kier molecular flexibility index (Phi) is 3.66. The number of H-pyrrole nitrogens is 1. The average Bonchev–Trinajstić information content (AvgIpc) is 2.85. The summed E-state index contributed by atoms with van der Waals surface area (Å²) in [6.45, 7) is 2.13. The Bertz CT molecular complexity index is 552. The Morgan fingerprint density at radius 3 is 2.84 bits per heavy atom. The minimum atomic E-state index is -0.596. The minimum Gasteiger partial charge on any atom is -0.341 e. The number of nitrogens with zero attached hydrogens (tertiary/aromatic N) is 1. The third-order valence-corrected chi connectivity index (χ3v) is 5.07. The Hall–Kier alpha value is -1.20. The van der Waals surface area contributed by atoms with Crippen LogP contribution in [0.25, 0.3) is 11.0 Å². The Morgan fingerprint density at radius 1 is 1.37 bits per heavy atom. The maximum atomic E-state index is 11.3. The highest BCUT2D eigenvalue weighted by Gasteiger charge is 2.20. The van der Waals surface area contributed by atoms with Gasteiger partial charge in [0.25, 0.3) is 0 Å². The van der Waals surface area contributed by atoms with Gasteiger partial charge in [0.15, 0.2) is 0 Å². The van der Waals surface area contributed by atoms with Crippen molar-refractivity contribution in [2.75, 3.05) is 11.5 Å². The molecule has 4 nitrogen and oxygen atoms in total. The van der Waals surface area contributed by atoms with Crippen LogP contribution in [0.2, 0.25) is 0 Å². The molecule has 3 rings (SSSR count). The van der Waals surface area contributed by atoms with Crippen molar-refractivity contribution in [3.63, 3.8) is 0 Å². The van der Waals surface area contributed by atoms with Gasteiger partial charge in [-0.05, 0) is 31.9 Å². The zero-order chi connectivity index (χ0) is 13.2. The first-order valence-corrected chi connectivity index (χ1v) is 8.27. The maximum Gasteiger partial charge on any atom is 0.124 e. The number of benzene rings is 1. The van der Waals surface area contributed by atoms with Gasteiger partial charge in [-0.2, -0.15) is 0 Å². The molecule has 0 amide bonds. The van der Waals surface area contributed by atoms with Crippen LogP contribution in [-0.4, -0.2) is 31.7 Å². The largest absolute Gasteiger partial charge is 0.341 e. The van der Waals surface area contributed by atoms with Crippen LogP contribution in [0.1, 0.15) is 31.6 Å². The van der Waals surface area contributed by atoms with Gasteiger partial charge in [-0.1, -0.05) is 12.1 Å². The first kappa shape index (κ1) is 12.8. The molecule has 2 aromatic rings. The fourth-order valence-electron chi connectivity index (χ4n) is 2.57. The Labute approximate surface area is 115 Å². The second kappa shape index (κ2) is 5.43. The third-order valence-electron chi connectivity index (χ3n) is 3.69. The van der Waals surface area contributed by atoms with Gasteiger partial charge < -0.3 is 10.3 Å². The molecular weight excluding hydrogens is 258 g/mol. The molecule has 5 heteroatoms. The molecule has 1 aliphatic rings. The van der Waals surface area contributed by atoms with Crippen LogP contribution < -0.4 is 5.32 Å². The van der Waals surface area contributed by atoms with Crippen molar-refractivity contribution in [3.05, 3.63) is 30.1 Å². The molecule has 19 heavy (non-hydrogen) atoms. The lowest BCUT2D eigenvalue weighted by molar-refractivity contribution is 0.418. The number of aromatic nitrogens is 2. The quantitative estimate of drug-likeness (QED) is 0.903. The van der Waals surface area contributed by atoms with Crippen molar-refractivity contribution >= 4 is 21.8 Å². The highest BCUT2D eigenvalue weighted by atomic mass is 32.2. The smallest absolute Gasteiger partial charge is 0.124 e. The number of aromatic amines is 1. The summed E-state index contributed by atoms with van der Waals surface area (Å²) in [6.07, 6.45) is 1.99. The fraction of sp³-hybridized carbons (Fsp3) is 0.500. The lowest BCUT2D eigenvalue weighted by atomic mass is 10.1. The van der Waals surface area contributed by atoms with Gasteiger partial charge >= 0.3 is 0 Å². The molecule has 0 aliphatic carbocycles. The molecular formula is C14H19N3OS. The summed E-state index contributed by atoms with van der Waals surface area (Å²) in [5.74, 6) is 2.63. The van der Waals surface area contributed by atoms with Crippen LogP contribution in [0.15, 0.2) is 24.3 Å². The van der Waals surface area contributed by atoms with E-state index in [9.17, 15) is 4.21 Å².